The molecule has 3 saturated carbocycles. The third kappa shape index (κ3) is 7.65. The first kappa shape index (κ1) is 38.2. The average molecular weight is 814 g/mol. The van der Waals surface area contributed by atoms with Crippen molar-refractivity contribution in [2.24, 2.45) is 5.92 Å². The summed E-state index contributed by atoms with van der Waals surface area (Å²) < 4.78 is 52.4. The Morgan fingerprint density at radius 1 is 0.966 bits per heavy atom. The summed E-state index contributed by atoms with van der Waals surface area (Å²) in [5.74, 6) is -1.51. The zero-order valence-corrected chi connectivity index (χ0v) is 32.8. The van der Waals surface area contributed by atoms with E-state index in [0.717, 1.165) is 43.9 Å². The first-order valence-corrected chi connectivity index (χ1v) is 22.0. The average Bonchev–Trinajstić information content (AvgIpc) is 3.81. The van der Waals surface area contributed by atoms with Gasteiger partial charge in [-0.2, -0.15) is 0 Å². The number of hydrogen-bond donors (Lipinski definition) is 3. The number of ether oxygens (including phenoxy) is 2. The fraction of sp³-hybridized carbons (Fsp3) is 0.500. The lowest BCUT2D eigenvalue weighted by Crippen LogP contribution is -2.58. The molecular formula is C42H47N5O10S. The highest BCUT2D eigenvalue weighted by Gasteiger charge is 2.62. The maximum absolute atomic E-state index is 14.7. The second-order valence-electron chi connectivity index (χ2n) is 16.3. The molecule has 1 saturated heterocycles. The first-order valence-electron chi connectivity index (χ1n) is 20.4. The Morgan fingerprint density at radius 3 is 2.57 bits per heavy atom. The summed E-state index contributed by atoms with van der Waals surface area (Å²) in [7, 11) is -3.91. The highest BCUT2D eigenvalue weighted by molar-refractivity contribution is 7.91. The summed E-state index contributed by atoms with van der Waals surface area (Å²) in [4.78, 5) is 62.6. The summed E-state index contributed by atoms with van der Waals surface area (Å²) >= 11 is 0. The molecule has 4 aromatic rings. The van der Waals surface area contributed by atoms with E-state index in [9.17, 15) is 27.6 Å². The van der Waals surface area contributed by atoms with Crippen molar-refractivity contribution >= 4 is 55.9 Å². The number of nitrogens with zero attached hydrogens (tertiary/aromatic N) is 2. The van der Waals surface area contributed by atoms with Crippen LogP contribution in [0.3, 0.4) is 0 Å². The minimum Gasteiger partial charge on any atom is -0.484 e. The molecule has 0 spiro atoms. The quantitative estimate of drug-likeness (QED) is 0.186. The van der Waals surface area contributed by atoms with Gasteiger partial charge in [0, 0.05) is 23.8 Å². The summed E-state index contributed by atoms with van der Waals surface area (Å²) in [6.45, 7) is -0.0362. The van der Waals surface area contributed by atoms with E-state index >= 15 is 0 Å². The third-order valence-corrected chi connectivity index (χ3v) is 13.9. The van der Waals surface area contributed by atoms with Gasteiger partial charge in [-0.3, -0.25) is 19.1 Å². The Labute approximate surface area is 335 Å². The van der Waals surface area contributed by atoms with E-state index in [0.29, 0.717) is 66.0 Å². The minimum atomic E-state index is -3.91. The van der Waals surface area contributed by atoms with Crippen LogP contribution in [0.2, 0.25) is 0 Å². The van der Waals surface area contributed by atoms with Gasteiger partial charge >= 0.3 is 6.09 Å². The lowest BCUT2D eigenvalue weighted by molar-refractivity contribution is -0.141. The number of carbonyl (C=O) groups excluding carboxylic acids is 4. The molecule has 58 heavy (non-hydrogen) atoms. The summed E-state index contributed by atoms with van der Waals surface area (Å²) in [5, 5.41) is 5.86. The maximum atomic E-state index is 14.7. The van der Waals surface area contributed by atoms with E-state index in [1.165, 1.54) is 4.90 Å². The molecule has 16 heteroatoms. The number of para-hydroxylation sites is 1. The van der Waals surface area contributed by atoms with E-state index in [1.807, 2.05) is 36.4 Å². The predicted molar refractivity (Wildman–Crippen MR) is 211 cm³/mol. The molecule has 3 aromatic heterocycles. The van der Waals surface area contributed by atoms with Gasteiger partial charge in [-0.1, -0.05) is 37.1 Å². The van der Waals surface area contributed by atoms with Crippen LogP contribution in [0.1, 0.15) is 83.5 Å². The number of pyridine rings is 1. The van der Waals surface area contributed by atoms with Crippen molar-refractivity contribution in [2.45, 2.75) is 119 Å². The lowest BCUT2D eigenvalue weighted by atomic mass is 10.0. The van der Waals surface area contributed by atoms with Crippen molar-refractivity contribution in [3.8, 4) is 17.2 Å². The van der Waals surface area contributed by atoms with Crippen molar-refractivity contribution in [3.05, 3.63) is 60.9 Å². The molecule has 3 aliphatic carbocycles. The lowest BCUT2D eigenvalue weighted by Gasteiger charge is -2.30. The van der Waals surface area contributed by atoms with E-state index < -0.39 is 68.7 Å². The number of sulfonamides is 1. The van der Waals surface area contributed by atoms with Crippen LogP contribution >= 0.6 is 0 Å². The van der Waals surface area contributed by atoms with Crippen molar-refractivity contribution < 1.29 is 45.9 Å². The molecular weight excluding hydrogens is 767 g/mol. The number of furan rings is 2. The highest BCUT2D eigenvalue weighted by Crippen LogP contribution is 2.46. The van der Waals surface area contributed by atoms with Gasteiger partial charge in [0.25, 0.3) is 5.91 Å². The van der Waals surface area contributed by atoms with Gasteiger partial charge in [-0.25, -0.2) is 18.2 Å². The Balaban J connectivity index is 1.04. The van der Waals surface area contributed by atoms with E-state index in [4.69, 9.17) is 23.3 Å². The molecule has 4 amide bonds. The van der Waals surface area contributed by atoms with Crippen LogP contribution in [0, 0.1) is 5.92 Å². The zero-order chi connectivity index (χ0) is 40.0. The standard InChI is InChI=1S/C42H47N5O10S/c48-38-32-21-27(55-35-22-31(34-17-10-20-54-34)43-36-29-14-8-9-16-33(29)57-37(35)36)24-47(32)39(49)30(44-41(51)56-26-12-6-7-13-26)15-5-3-1-2-4-11-25-23-42(25,45-38)40(50)46-58(52,53)28-18-19-28/h4,8-11,14,16-17,20,22,25-28,30,32H,1-3,5-7,12-13,15,18-19,21,23-24H2,(H,44,51)(H,45,48)(H,46,50)/t25-,27-,30+,32+,42-/m1/s1. The van der Waals surface area contributed by atoms with Crippen molar-refractivity contribution in [1.82, 2.24) is 25.2 Å². The topological polar surface area (TPSA) is 199 Å². The molecule has 306 valence electrons. The fourth-order valence-corrected chi connectivity index (χ4v) is 10.0. The van der Waals surface area contributed by atoms with Gasteiger partial charge in [0.15, 0.2) is 17.1 Å². The van der Waals surface area contributed by atoms with Gasteiger partial charge < -0.3 is 33.8 Å². The summed E-state index contributed by atoms with van der Waals surface area (Å²) in [6.07, 6.45) is 11.6. The molecule has 4 fully saturated rings. The Bertz CT molecular complexity index is 2370. The maximum Gasteiger partial charge on any atom is 0.408 e. The van der Waals surface area contributed by atoms with Crippen molar-refractivity contribution in [1.29, 1.82) is 0 Å². The number of benzene rings is 1. The molecule has 5 atom stereocenters. The number of aromatic nitrogens is 1. The van der Waals surface area contributed by atoms with E-state index in [2.05, 4.69) is 15.4 Å². The van der Waals surface area contributed by atoms with Crippen LogP contribution in [0.5, 0.6) is 5.75 Å². The third-order valence-electron chi connectivity index (χ3n) is 12.1. The number of rotatable bonds is 8. The first-order chi connectivity index (χ1) is 28.1. The van der Waals surface area contributed by atoms with Crippen LogP contribution in [0.25, 0.3) is 33.5 Å². The largest absolute Gasteiger partial charge is 0.484 e. The smallest absolute Gasteiger partial charge is 0.408 e. The molecule has 0 radical (unpaired) electrons. The molecule has 5 heterocycles. The van der Waals surface area contributed by atoms with Crippen molar-refractivity contribution in [3.63, 3.8) is 0 Å². The molecule has 1 aromatic carbocycles. The van der Waals surface area contributed by atoms with Gasteiger partial charge in [-0.15, -0.1) is 0 Å². The Hall–Kier alpha value is -5.38. The summed E-state index contributed by atoms with van der Waals surface area (Å²) in [5.41, 5.74) is 0.501. The summed E-state index contributed by atoms with van der Waals surface area (Å²) in [6, 6.07) is 10.6. The van der Waals surface area contributed by atoms with Crippen LogP contribution in [-0.4, -0.2) is 83.7 Å². The molecule has 15 nitrogen and oxygen atoms in total. The second-order valence-corrected chi connectivity index (χ2v) is 18.2. The zero-order valence-electron chi connectivity index (χ0n) is 32.0. The van der Waals surface area contributed by atoms with Crippen LogP contribution in [-0.2, 0) is 29.1 Å². The minimum absolute atomic E-state index is 0.0233. The molecule has 0 unspecified atom stereocenters. The van der Waals surface area contributed by atoms with E-state index in [-0.39, 0.29) is 25.5 Å². The molecule has 5 aliphatic rings. The van der Waals surface area contributed by atoms with Crippen LogP contribution in [0.4, 0.5) is 4.79 Å². The number of allylic oxidation sites excluding steroid dienone is 1. The fourth-order valence-electron chi connectivity index (χ4n) is 8.65. The van der Waals surface area contributed by atoms with Crippen LogP contribution in [0.15, 0.2) is 69.7 Å². The van der Waals surface area contributed by atoms with Gasteiger partial charge in [0.05, 0.1) is 18.1 Å². The second kappa shape index (κ2) is 15.4. The van der Waals surface area contributed by atoms with Gasteiger partial charge in [0.1, 0.15) is 46.6 Å². The monoisotopic (exact) mass is 813 g/mol. The van der Waals surface area contributed by atoms with Gasteiger partial charge in [0.2, 0.25) is 21.8 Å². The van der Waals surface area contributed by atoms with Gasteiger partial charge in [-0.05, 0) is 88.5 Å². The van der Waals surface area contributed by atoms with Crippen LogP contribution < -0.4 is 20.1 Å². The number of nitrogens with one attached hydrogen (secondary N) is 3. The number of hydrogen-bond acceptors (Lipinski definition) is 11. The number of alkyl carbamates (subject to hydrolysis) is 1. The molecule has 2 aliphatic heterocycles. The Kier molecular flexibility index (Phi) is 10.1. The molecule has 0 bridgehead atoms. The number of fused-ring (bicyclic) bond motifs is 5. The normalized spacial score (nSPS) is 27.0. The molecule has 9 rings (SSSR count). The predicted octanol–water partition coefficient (Wildman–Crippen LogP) is 5.63. The number of amides is 4. The number of carbonyl (C=O) groups is 4. The highest BCUT2D eigenvalue weighted by atomic mass is 32.2. The van der Waals surface area contributed by atoms with Crippen molar-refractivity contribution in [2.75, 3.05) is 6.54 Å². The molecule has 3 N–H and O–H groups in total. The SMILES string of the molecule is O=C(N[C@H]1CCCCCC=C[C@@H]2C[C@@]2(C(=O)NS(=O)(=O)C2CC2)NC(=O)[C@@H]2C[C@@H](Oc3cc(-c4ccco4)nc4c3oc3ccccc34)CN2C1=O)OC1CCCC1. The Morgan fingerprint density at radius 2 is 1.78 bits per heavy atom. The van der Waals surface area contributed by atoms with E-state index in [1.54, 1.807) is 24.5 Å².